The third-order valence-electron chi connectivity index (χ3n) is 6.54. The van der Waals surface area contributed by atoms with Gasteiger partial charge in [-0.1, -0.05) is 18.2 Å². The predicted molar refractivity (Wildman–Crippen MR) is 159 cm³/mol. The molecule has 0 aliphatic rings. The van der Waals surface area contributed by atoms with Crippen LogP contribution in [-0.2, 0) is 11.8 Å². The summed E-state index contributed by atoms with van der Waals surface area (Å²) in [6, 6.07) is 10.8. The second-order valence-corrected chi connectivity index (χ2v) is 10.2. The third-order valence-corrected chi connectivity index (χ3v) is 6.54. The summed E-state index contributed by atoms with van der Waals surface area (Å²) in [4.78, 5) is 37.6. The number of ether oxygens (including phenoxy) is 2. The molecule has 0 bridgehead atoms. The average Bonchev–Trinajstić information content (AvgIpc) is 3.27. The fourth-order valence-electron chi connectivity index (χ4n) is 4.47. The van der Waals surface area contributed by atoms with Gasteiger partial charge in [0.2, 0.25) is 5.95 Å². The molecule has 216 valence electrons. The van der Waals surface area contributed by atoms with Crippen LogP contribution in [0, 0.1) is 10.1 Å². The highest BCUT2D eigenvalue weighted by Crippen LogP contribution is 2.39. The van der Waals surface area contributed by atoms with Crippen LogP contribution in [0.1, 0.15) is 24.2 Å². The molecule has 0 saturated carbocycles. The van der Waals surface area contributed by atoms with E-state index in [-0.39, 0.29) is 23.3 Å². The van der Waals surface area contributed by atoms with Crippen molar-refractivity contribution in [3.8, 4) is 17.0 Å². The molecule has 0 radical (unpaired) electrons. The largest absolute Gasteiger partial charge is 0.494 e. The number of nitro benzene ring substituents is 1. The zero-order valence-corrected chi connectivity index (χ0v) is 24.3. The summed E-state index contributed by atoms with van der Waals surface area (Å²) in [5.41, 5.74) is 2.90. The second-order valence-electron chi connectivity index (χ2n) is 10.2. The Hall–Kier alpha value is -4.71. The number of aromatic nitrogens is 3. The number of rotatable bonds is 11. The summed E-state index contributed by atoms with van der Waals surface area (Å²) >= 11 is 0. The molecule has 0 atom stereocenters. The van der Waals surface area contributed by atoms with Crippen LogP contribution >= 0.6 is 0 Å². The van der Waals surface area contributed by atoms with Gasteiger partial charge in [0.15, 0.2) is 0 Å². The minimum Gasteiger partial charge on any atom is -0.494 e. The standard InChI is InChI=1S/C29H35N7O5/c1-18(2)41-28(37)20-16-30-29(32-27(20)21-17-35(6)23-11-9-8-10-19(21)23)31-22-14-25(36(38)39)24(15-26(22)40-7)34(5)13-12-33(3)4/h8-11,14-18H,12-13H2,1-7H3,(H,30,31,32). The van der Waals surface area contributed by atoms with E-state index in [0.29, 0.717) is 35.9 Å². The molecule has 0 fully saturated rings. The molecule has 41 heavy (non-hydrogen) atoms. The van der Waals surface area contributed by atoms with Crippen molar-refractivity contribution in [2.45, 2.75) is 20.0 Å². The number of nitro groups is 1. The Morgan fingerprint density at radius 2 is 1.90 bits per heavy atom. The second kappa shape index (κ2) is 12.2. The van der Waals surface area contributed by atoms with Crippen LogP contribution in [0.2, 0.25) is 0 Å². The number of carbonyl (C=O) groups is 1. The number of hydrogen-bond donors (Lipinski definition) is 1. The van der Waals surface area contributed by atoms with Crippen LogP contribution in [0.4, 0.5) is 23.0 Å². The Morgan fingerprint density at radius 3 is 2.56 bits per heavy atom. The number of methoxy groups -OCH3 is 1. The molecule has 0 spiro atoms. The normalized spacial score (nSPS) is 11.2. The maximum absolute atomic E-state index is 13.0. The molecule has 0 unspecified atom stereocenters. The van der Waals surface area contributed by atoms with Gasteiger partial charge in [-0.15, -0.1) is 0 Å². The van der Waals surface area contributed by atoms with Gasteiger partial charge in [-0.3, -0.25) is 10.1 Å². The number of nitrogens with one attached hydrogen (secondary N) is 1. The monoisotopic (exact) mass is 561 g/mol. The molecule has 4 rings (SSSR count). The van der Waals surface area contributed by atoms with E-state index in [1.54, 1.807) is 27.0 Å². The van der Waals surface area contributed by atoms with Crippen molar-refractivity contribution >= 4 is 39.9 Å². The van der Waals surface area contributed by atoms with Crippen LogP contribution in [0.3, 0.4) is 0 Å². The van der Waals surface area contributed by atoms with E-state index in [2.05, 4.69) is 10.3 Å². The number of para-hydroxylation sites is 1. The van der Waals surface area contributed by atoms with Gasteiger partial charge < -0.3 is 29.2 Å². The van der Waals surface area contributed by atoms with Crippen molar-refractivity contribution in [3.63, 3.8) is 0 Å². The fourth-order valence-corrected chi connectivity index (χ4v) is 4.47. The molecule has 12 nitrogen and oxygen atoms in total. The van der Waals surface area contributed by atoms with E-state index in [1.807, 2.05) is 66.0 Å². The predicted octanol–water partition coefficient (Wildman–Crippen LogP) is 4.86. The van der Waals surface area contributed by atoms with Crippen molar-refractivity contribution < 1.29 is 19.2 Å². The van der Waals surface area contributed by atoms with Gasteiger partial charge in [0.25, 0.3) is 5.69 Å². The van der Waals surface area contributed by atoms with Gasteiger partial charge in [-0.05, 0) is 34.0 Å². The van der Waals surface area contributed by atoms with Gasteiger partial charge in [0.1, 0.15) is 17.0 Å². The number of fused-ring (bicyclic) bond motifs is 1. The smallest absolute Gasteiger partial charge is 0.342 e. The van der Waals surface area contributed by atoms with E-state index >= 15 is 0 Å². The van der Waals surface area contributed by atoms with Crippen LogP contribution in [-0.4, -0.2) is 77.8 Å². The maximum atomic E-state index is 13.0. The van der Waals surface area contributed by atoms with E-state index in [1.165, 1.54) is 19.4 Å². The van der Waals surface area contributed by atoms with Crippen LogP contribution in [0.25, 0.3) is 22.2 Å². The number of likely N-dealkylation sites (N-methyl/N-ethyl adjacent to an activating group) is 2. The SMILES string of the molecule is COc1cc(N(C)CCN(C)C)c([N+](=O)[O-])cc1Nc1ncc(C(=O)OC(C)C)c(-c2cn(C)c3ccccc23)n1. The van der Waals surface area contributed by atoms with Gasteiger partial charge in [0.05, 0.1) is 29.5 Å². The first-order valence-electron chi connectivity index (χ1n) is 13.1. The molecule has 1 N–H and O–H groups in total. The van der Waals surface area contributed by atoms with Crippen molar-refractivity contribution in [1.82, 2.24) is 19.4 Å². The number of benzene rings is 2. The highest BCUT2D eigenvalue weighted by Gasteiger charge is 2.25. The van der Waals surface area contributed by atoms with Crippen molar-refractivity contribution in [3.05, 3.63) is 64.5 Å². The summed E-state index contributed by atoms with van der Waals surface area (Å²) < 4.78 is 13.0. The molecule has 12 heteroatoms. The quantitative estimate of drug-likeness (QED) is 0.154. The highest BCUT2D eigenvalue weighted by molar-refractivity contribution is 6.03. The zero-order chi connectivity index (χ0) is 29.8. The Kier molecular flexibility index (Phi) is 8.72. The minimum atomic E-state index is -0.548. The van der Waals surface area contributed by atoms with E-state index in [4.69, 9.17) is 14.5 Å². The van der Waals surface area contributed by atoms with Gasteiger partial charge in [-0.2, -0.15) is 0 Å². The number of aryl methyl sites for hydroxylation is 1. The topological polar surface area (TPSA) is 128 Å². The molecular formula is C29H35N7O5. The third kappa shape index (κ3) is 6.38. The first-order chi connectivity index (χ1) is 19.5. The summed E-state index contributed by atoms with van der Waals surface area (Å²) in [6.07, 6.45) is 2.97. The molecule has 0 aliphatic carbocycles. The average molecular weight is 562 g/mol. The first-order valence-corrected chi connectivity index (χ1v) is 13.1. The zero-order valence-electron chi connectivity index (χ0n) is 24.3. The van der Waals surface area contributed by atoms with Gasteiger partial charge in [-0.25, -0.2) is 14.8 Å². The number of hydrogen-bond acceptors (Lipinski definition) is 10. The summed E-state index contributed by atoms with van der Waals surface area (Å²) in [5, 5.41) is 16.0. The molecule has 2 aromatic carbocycles. The summed E-state index contributed by atoms with van der Waals surface area (Å²) in [6.45, 7) is 4.83. The number of anilines is 3. The van der Waals surface area contributed by atoms with Crippen LogP contribution < -0.4 is 15.0 Å². The van der Waals surface area contributed by atoms with Crippen LogP contribution in [0.5, 0.6) is 5.75 Å². The lowest BCUT2D eigenvalue weighted by molar-refractivity contribution is -0.384. The lowest BCUT2D eigenvalue weighted by atomic mass is 10.1. The molecular weight excluding hydrogens is 526 g/mol. The molecule has 2 aromatic heterocycles. The Balaban J connectivity index is 1.81. The maximum Gasteiger partial charge on any atom is 0.342 e. The molecule has 0 aliphatic heterocycles. The van der Waals surface area contributed by atoms with Crippen LogP contribution in [0.15, 0.2) is 48.8 Å². The highest BCUT2D eigenvalue weighted by atomic mass is 16.6. The summed E-state index contributed by atoms with van der Waals surface area (Å²) in [7, 11) is 9.09. The number of carbonyl (C=O) groups excluding carboxylic acids is 1. The Bertz CT molecular complexity index is 1580. The Labute approximate surface area is 238 Å². The molecule has 4 aromatic rings. The molecule has 2 heterocycles. The Morgan fingerprint density at radius 1 is 1.17 bits per heavy atom. The van der Waals surface area contributed by atoms with E-state index in [0.717, 1.165) is 16.5 Å². The summed E-state index contributed by atoms with van der Waals surface area (Å²) in [5.74, 6) is -0.0379. The van der Waals surface area contributed by atoms with Crippen molar-refractivity contribution in [1.29, 1.82) is 0 Å². The van der Waals surface area contributed by atoms with Gasteiger partial charge in [0, 0.05) is 68.2 Å². The van der Waals surface area contributed by atoms with Gasteiger partial charge >= 0.3 is 5.97 Å². The fraction of sp³-hybridized carbons (Fsp3) is 0.345. The lowest BCUT2D eigenvalue weighted by Gasteiger charge is -2.22. The van der Waals surface area contributed by atoms with Crippen molar-refractivity contribution in [2.75, 3.05) is 51.6 Å². The molecule has 0 saturated heterocycles. The van der Waals surface area contributed by atoms with E-state index in [9.17, 15) is 14.9 Å². The van der Waals surface area contributed by atoms with E-state index < -0.39 is 10.9 Å². The molecule has 0 amide bonds. The van der Waals surface area contributed by atoms with Crippen molar-refractivity contribution in [2.24, 2.45) is 7.05 Å². The first kappa shape index (κ1) is 29.3. The minimum absolute atomic E-state index is 0.0963. The number of esters is 1. The lowest BCUT2D eigenvalue weighted by Crippen LogP contribution is -2.29. The number of nitrogens with zero attached hydrogens (tertiary/aromatic N) is 6.